The molecule has 2 fully saturated rings. The van der Waals surface area contributed by atoms with Crippen LogP contribution in [0.15, 0.2) is 24.4 Å². The Bertz CT molecular complexity index is 809. The van der Waals surface area contributed by atoms with Gasteiger partial charge in [0.15, 0.2) is 0 Å². The van der Waals surface area contributed by atoms with Gasteiger partial charge >= 0.3 is 5.97 Å². The highest BCUT2D eigenvalue weighted by Crippen LogP contribution is 2.59. The van der Waals surface area contributed by atoms with Gasteiger partial charge in [0.2, 0.25) is 0 Å². The molecule has 2 aromatic rings. The van der Waals surface area contributed by atoms with E-state index in [9.17, 15) is 13.6 Å². The molecular formula is C16H14ClF2N3O2. The largest absolute Gasteiger partial charge is 0.478 e. The number of H-pyrrole nitrogens is 1. The van der Waals surface area contributed by atoms with E-state index in [2.05, 4.69) is 9.97 Å². The molecule has 2 aromatic heterocycles. The van der Waals surface area contributed by atoms with Gasteiger partial charge in [-0.3, -0.25) is 0 Å². The Morgan fingerprint density at radius 3 is 2.71 bits per heavy atom. The number of aromatic nitrogens is 2. The minimum absolute atomic E-state index is 0.183. The average molecular weight is 354 g/mol. The molecule has 1 aliphatic carbocycles. The van der Waals surface area contributed by atoms with Crippen molar-refractivity contribution in [2.24, 2.45) is 11.8 Å². The fraction of sp³-hybridized carbons (Fsp3) is 0.375. The van der Waals surface area contributed by atoms with E-state index in [0.717, 1.165) is 5.56 Å². The summed E-state index contributed by atoms with van der Waals surface area (Å²) in [6.45, 7) is 0.609. The Morgan fingerprint density at radius 1 is 1.42 bits per heavy atom. The standard InChI is InChI=1S/C16H14ClF2N3O2/c17-14-8(3-10-4-9(5-20-10)15(23)24)1-2-13(21-14)22-6-11-12(7-22)16(11,18)19/h1-2,4-5,11-12,20H,3,6-7H2,(H,23,24). The molecule has 0 radical (unpaired) electrons. The molecule has 2 N–H and O–H groups in total. The zero-order valence-corrected chi connectivity index (χ0v) is 13.2. The molecule has 0 aromatic carbocycles. The van der Waals surface area contributed by atoms with Gasteiger partial charge in [-0.05, 0) is 17.7 Å². The first kappa shape index (κ1) is 15.4. The zero-order valence-electron chi connectivity index (χ0n) is 12.5. The number of carboxylic acid groups (broad SMARTS) is 1. The Morgan fingerprint density at radius 2 is 2.12 bits per heavy atom. The van der Waals surface area contributed by atoms with E-state index >= 15 is 0 Å². The SMILES string of the molecule is O=C(O)c1c[nH]c(Cc2ccc(N3CC4C(C3)C4(F)F)nc2Cl)c1. The zero-order chi connectivity index (χ0) is 17.1. The summed E-state index contributed by atoms with van der Waals surface area (Å²) in [7, 11) is 0. The molecule has 3 heterocycles. The van der Waals surface area contributed by atoms with E-state index in [-0.39, 0.29) is 5.56 Å². The number of piperidine rings is 1. The van der Waals surface area contributed by atoms with Gasteiger partial charge in [-0.15, -0.1) is 0 Å². The fourth-order valence-electron chi connectivity index (χ4n) is 3.33. The maximum atomic E-state index is 13.3. The van der Waals surface area contributed by atoms with Crippen LogP contribution in [0.5, 0.6) is 0 Å². The summed E-state index contributed by atoms with van der Waals surface area (Å²) in [4.78, 5) is 19.9. The van der Waals surface area contributed by atoms with E-state index in [1.165, 1.54) is 6.20 Å². The van der Waals surface area contributed by atoms with Crippen molar-refractivity contribution >= 4 is 23.4 Å². The highest BCUT2D eigenvalue weighted by atomic mass is 35.5. The Balaban J connectivity index is 1.47. The molecule has 1 saturated heterocycles. The lowest BCUT2D eigenvalue weighted by Gasteiger charge is -2.21. The number of rotatable bonds is 4. The Kier molecular flexibility index (Phi) is 3.32. The van der Waals surface area contributed by atoms with Gasteiger partial charge in [0.25, 0.3) is 5.92 Å². The summed E-state index contributed by atoms with van der Waals surface area (Å²) < 4.78 is 26.5. The molecule has 2 unspecified atom stereocenters. The molecule has 1 aliphatic heterocycles. The van der Waals surface area contributed by atoms with Crippen molar-refractivity contribution in [2.75, 3.05) is 18.0 Å². The minimum Gasteiger partial charge on any atom is -0.478 e. The summed E-state index contributed by atoms with van der Waals surface area (Å²) in [6.07, 6.45) is 1.84. The number of pyridine rings is 1. The molecule has 5 nitrogen and oxygen atoms in total. The number of carbonyl (C=O) groups is 1. The normalized spacial score (nSPS) is 24.0. The topological polar surface area (TPSA) is 69.2 Å². The monoisotopic (exact) mass is 353 g/mol. The average Bonchev–Trinajstić information content (AvgIpc) is 3.00. The first-order chi connectivity index (χ1) is 11.4. The third-order valence-electron chi connectivity index (χ3n) is 4.81. The second kappa shape index (κ2) is 5.17. The van der Waals surface area contributed by atoms with Crippen LogP contribution in [0.1, 0.15) is 21.6 Å². The van der Waals surface area contributed by atoms with Crippen LogP contribution in [0.25, 0.3) is 0 Å². The number of hydrogen-bond donors (Lipinski definition) is 2. The van der Waals surface area contributed by atoms with E-state index < -0.39 is 23.7 Å². The van der Waals surface area contributed by atoms with Crippen molar-refractivity contribution in [3.05, 3.63) is 46.4 Å². The molecule has 0 spiro atoms. The maximum Gasteiger partial charge on any atom is 0.337 e. The maximum absolute atomic E-state index is 13.3. The number of alkyl halides is 2. The van der Waals surface area contributed by atoms with Crippen LogP contribution in [-0.2, 0) is 6.42 Å². The second-order valence-electron chi connectivity index (χ2n) is 6.31. The predicted octanol–water partition coefficient (Wildman–Crippen LogP) is 3.05. The van der Waals surface area contributed by atoms with Gasteiger partial charge in [0.1, 0.15) is 11.0 Å². The fourth-order valence-corrected chi connectivity index (χ4v) is 3.55. The summed E-state index contributed by atoms with van der Waals surface area (Å²) >= 11 is 6.21. The first-order valence-electron chi connectivity index (χ1n) is 7.55. The predicted molar refractivity (Wildman–Crippen MR) is 83.9 cm³/mol. The first-order valence-corrected chi connectivity index (χ1v) is 7.93. The molecule has 126 valence electrons. The van der Waals surface area contributed by atoms with Crippen LogP contribution < -0.4 is 4.90 Å². The van der Waals surface area contributed by atoms with Crippen molar-refractivity contribution in [3.8, 4) is 0 Å². The van der Waals surface area contributed by atoms with Crippen molar-refractivity contribution in [1.29, 1.82) is 0 Å². The van der Waals surface area contributed by atoms with E-state index in [1.54, 1.807) is 18.2 Å². The number of aromatic carboxylic acids is 1. The van der Waals surface area contributed by atoms with Crippen LogP contribution >= 0.6 is 11.6 Å². The van der Waals surface area contributed by atoms with Crippen LogP contribution in [-0.4, -0.2) is 40.1 Å². The minimum atomic E-state index is -2.52. The summed E-state index contributed by atoms with van der Waals surface area (Å²) in [5.41, 5.74) is 1.64. The molecule has 24 heavy (non-hydrogen) atoms. The molecule has 2 atom stereocenters. The van der Waals surface area contributed by atoms with Crippen LogP contribution in [0.3, 0.4) is 0 Å². The van der Waals surface area contributed by atoms with Gasteiger partial charge in [0, 0.05) is 31.4 Å². The Labute approximate surface area is 141 Å². The number of anilines is 1. The summed E-state index contributed by atoms with van der Waals surface area (Å²) in [6, 6.07) is 5.11. The van der Waals surface area contributed by atoms with Gasteiger partial charge < -0.3 is 15.0 Å². The second-order valence-corrected chi connectivity index (χ2v) is 6.67. The number of nitrogens with zero attached hydrogens (tertiary/aromatic N) is 2. The van der Waals surface area contributed by atoms with E-state index in [0.29, 0.717) is 36.2 Å². The Hall–Kier alpha value is -2.15. The number of halogens is 3. The highest BCUT2D eigenvalue weighted by molar-refractivity contribution is 6.30. The smallest absolute Gasteiger partial charge is 0.337 e. The molecular weight excluding hydrogens is 340 g/mol. The van der Waals surface area contributed by atoms with Gasteiger partial charge in [0.05, 0.1) is 17.4 Å². The lowest BCUT2D eigenvalue weighted by molar-refractivity contribution is 0.0696. The summed E-state index contributed by atoms with van der Waals surface area (Å²) in [5, 5.41) is 9.22. The van der Waals surface area contributed by atoms with Crippen LogP contribution in [0.4, 0.5) is 14.6 Å². The van der Waals surface area contributed by atoms with Crippen LogP contribution in [0.2, 0.25) is 5.15 Å². The number of fused-ring (bicyclic) bond motifs is 1. The van der Waals surface area contributed by atoms with Crippen molar-refractivity contribution in [3.63, 3.8) is 0 Å². The van der Waals surface area contributed by atoms with Gasteiger partial charge in [-0.1, -0.05) is 17.7 Å². The molecule has 8 heteroatoms. The van der Waals surface area contributed by atoms with Gasteiger partial charge in [-0.25, -0.2) is 18.6 Å². The molecule has 4 rings (SSSR count). The molecule has 0 amide bonds. The number of hydrogen-bond acceptors (Lipinski definition) is 3. The molecule has 1 saturated carbocycles. The van der Waals surface area contributed by atoms with Crippen molar-refractivity contribution in [2.45, 2.75) is 12.3 Å². The van der Waals surface area contributed by atoms with Crippen LogP contribution in [0, 0.1) is 11.8 Å². The third kappa shape index (κ3) is 2.43. The van der Waals surface area contributed by atoms with Crippen molar-refractivity contribution in [1.82, 2.24) is 9.97 Å². The van der Waals surface area contributed by atoms with E-state index in [4.69, 9.17) is 16.7 Å². The lowest BCUT2D eigenvalue weighted by atomic mass is 10.1. The number of aromatic amines is 1. The van der Waals surface area contributed by atoms with E-state index in [1.807, 2.05) is 4.90 Å². The summed E-state index contributed by atoms with van der Waals surface area (Å²) in [5.74, 6) is -4.04. The highest BCUT2D eigenvalue weighted by Gasteiger charge is 2.71. The van der Waals surface area contributed by atoms with Crippen molar-refractivity contribution < 1.29 is 18.7 Å². The third-order valence-corrected chi connectivity index (χ3v) is 5.13. The lowest BCUT2D eigenvalue weighted by Crippen LogP contribution is -2.28. The molecule has 2 aliphatic rings. The number of nitrogens with one attached hydrogen (secondary N) is 1. The number of carboxylic acids is 1. The molecule has 0 bridgehead atoms. The van der Waals surface area contributed by atoms with Gasteiger partial charge in [-0.2, -0.15) is 0 Å². The quantitative estimate of drug-likeness (QED) is 0.829.